The van der Waals surface area contributed by atoms with Crippen LogP contribution in [0.2, 0.25) is 0 Å². The smallest absolute Gasteiger partial charge is 0.213 e. The summed E-state index contributed by atoms with van der Waals surface area (Å²) in [5, 5.41) is 18.6. The van der Waals surface area contributed by atoms with Crippen molar-refractivity contribution in [2.24, 2.45) is 27.4 Å². The fraction of sp³-hybridized carbons (Fsp3) is 0.250. The first-order valence-electron chi connectivity index (χ1n) is 4.46. The predicted molar refractivity (Wildman–Crippen MR) is 62.3 cm³/mol. The lowest BCUT2D eigenvalue weighted by Crippen LogP contribution is -2.22. The zero-order chi connectivity index (χ0) is 12.3. The first-order valence-corrected chi connectivity index (χ1v) is 4.46. The van der Waals surface area contributed by atoms with E-state index in [2.05, 4.69) is 15.3 Å². The summed E-state index contributed by atoms with van der Waals surface area (Å²) >= 11 is 0. The molecule has 0 amide bonds. The maximum absolute atomic E-state index is 7.23. The van der Waals surface area contributed by atoms with Gasteiger partial charge in [0.15, 0.2) is 0 Å². The van der Waals surface area contributed by atoms with Gasteiger partial charge in [0.05, 0.1) is 11.4 Å². The topological polar surface area (TPSA) is 144 Å². The Morgan fingerprint density at radius 3 is 2.44 bits per heavy atom. The Labute approximate surface area is 92.3 Å². The molecule has 1 heterocycles. The zero-order valence-corrected chi connectivity index (χ0v) is 9.10. The van der Waals surface area contributed by atoms with Gasteiger partial charge in [0.1, 0.15) is 0 Å². The normalized spacial score (nSPS) is 11.2. The van der Waals surface area contributed by atoms with Crippen molar-refractivity contribution in [3.05, 3.63) is 17.5 Å². The summed E-state index contributed by atoms with van der Waals surface area (Å²) in [7, 11) is 0. The van der Waals surface area contributed by atoms with Gasteiger partial charge in [-0.2, -0.15) is 10.2 Å². The lowest BCUT2D eigenvalue weighted by Gasteiger charge is -1.94. The molecule has 0 unspecified atom stereocenters. The van der Waals surface area contributed by atoms with Crippen LogP contribution in [-0.2, 0) is 0 Å². The second-order valence-electron chi connectivity index (χ2n) is 3.17. The van der Waals surface area contributed by atoms with Crippen LogP contribution in [0, 0.1) is 12.3 Å². The van der Waals surface area contributed by atoms with Crippen LogP contribution >= 0.6 is 0 Å². The minimum Gasteiger partial charge on any atom is -0.369 e. The number of aryl methyl sites for hydroxylation is 1. The molecular formula is C8H14N8. The van der Waals surface area contributed by atoms with Crippen LogP contribution in [0.25, 0.3) is 0 Å². The summed E-state index contributed by atoms with van der Waals surface area (Å²) in [6.07, 6.45) is 1.60. The highest BCUT2D eigenvalue weighted by Gasteiger charge is 2.08. The molecule has 0 aliphatic carbocycles. The van der Waals surface area contributed by atoms with E-state index in [-0.39, 0.29) is 11.9 Å². The lowest BCUT2D eigenvalue weighted by atomic mass is 10.2. The summed E-state index contributed by atoms with van der Waals surface area (Å²) in [6, 6.07) is 0. The second-order valence-corrected chi connectivity index (χ2v) is 3.17. The maximum atomic E-state index is 7.23. The summed E-state index contributed by atoms with van der Waals surface area (Å²) in [5.41, 5.74) is 17.6. The number of nitrogens with two attached hydrogens (primary N) is 3. The third-order valence-electron chi connectivity index (χ3n) is 1.85. The van der Waals surface area contributed by atoms with Gasteiger partial charge in [-0.15, -0.1) is 5.10 Å². The lowest BCUT2D eigenvalue weighted by molar-refractivity contribution is 0.892. The minimum atomic E-state index is -0.163. The van der Waals surface area contributed by atoms with Crippen molar-refractivity contribution in [1.29, 1.82) is 5.41 Å². The molecule has 0 bridgehead atoms. The SMILES string of the molecule is C/C(=N\N=C(N)N)c1cn(C(=N)N)nc1C. The van der Waals surface area contributed by atoms with Crippen molar-refractivity contribution >= 4 is 17.6 Å². The first kappa shape index (κ1) is 11.7. The number of nitrogen functional groups attached to an aromatic ring is 1. The van der Waals surface area contributed by atoms with Crippen LogP contribution in [0.15, 0.2) is 16.4 Å². The van der Waals surface area contributed by atoms with E-state index in [9.17, 15) is 0 Å². The van der Waals surface area contributed by atoms with Crippen molar-refractivity contribution in [1.82, 2.24) is 9.78 Å². The molecule has 8 nitrogen and oxygen atoms in total. The molecule has 86 valence electrons. The van der Waals surface area contributed by atoms with Crippen molar-refractivity contribution in [2.75, 3.05) is 0 Å². The quantitative estimate of drug-likeness (QED) is 0.287. The average Bonchev–Trinajstić information content (AvgIpc) is 2.57. The summed E-state index contributed by atoms with van der Waals surface area (Å²) in [4.78, 5) is 0. The van der Waals surface area contributed by atoms with E-state index < -0.39 is 0 Å². The number of aromatic nitrogens is 2. The predicted octanol–water partition coefficient (Wildman–Crippen LogP) is -1.07. The van der Waals surface area contributed by atoms with E-state index in [0.717, 1.165) is 5.56 Å². The Kier molecular flexibility index (Phi) is 3.24. The third kappa shape index (κ3) is 2.56. The molecule has 0 aliphatic rings. The van der Waals surface area contributed by atoms with Crippen LogP contribution in [-0.4, -0.2) is 27.4 Å². The molecule has 1 aromatic rings. The van der Waals surface area contributed by atoms with Gasteiger partial charge >= 0.3 is 0 Å². The Bertz CT molecular complexity index is 462. The molecule has 1 rings (SSSR count). The molecule has 0 saturated heterocycles. The highest BCUT2D eigenvalue weighted by atomic mass is 15.3. The highest BCUT2D eigenvalue weighted by Crippen LogP contribution is 2.06. The zero-order valence-electron chi connectivity index (χ0n) is 9.10. The monoisotopic (exact) mass is 222 g/mol. The van der Waals surface area contributed by atoms with Crippen molar-refractivity contribution in [3.63, 3.8) is 0 Å². The largest absolute Gasteiger partial charge is 0.369 e. The number of nitrogens with one attached hydrogen (secondary N) is 1. The molecule has 8 heteroatoms. The van der Waals surface area contributed by atoms with Crippen molar-refractivity contribution in [2.45, 2.75) is 13.8 Å². The standard InChI is InChI=1S/C8H14N8/c1-4(13-14-7(9)10)6-3-16(8(11)12)15-5(6)2/h3H,1-2H3,(H3,11,12)(H4,9,10,14)/b13-4+. The van der Waals surface area contributed by atoms with Crippen LogP contribution in [0.1, 0.15) is 18.2 Å². The third-order valence-corrected chi connectivity index (χ3v) is 1.85. The first-order chi connectivity index (χ1) is 7.41. The molecule has 0 aromatic carbocycles. The van der Waals surface area contributed by atoms with Gasteiger partial charge in [-0.3, -0.25) is 5.41 Å². The summed E-state index contributed by atoms with van der Waals surface area (Å²) in [6.45, 7) is 3.52. The molecule has 16 heavy (non-hydrogen) atoms. The van der Waals surface area contributed by atoms with Gasteiger partial charge in [0.25, 0.3) is 0 Å². The Hall–Kier alpha value is -2.38. The van der Waals surface area contributed by atoms with Crippen molar-refractivity contribution < 1.29 is 0 Å². The van der Waals surface area contributed by atoms with E-state index in [1.165, 1.54) is 4.68 Å². The summed E-state index contributed by atoms with van der Waals surface area (Å²) < 4.78 is 1.25. The van der Waals surface area contributed by atoms with Gasteiger partial charge in [0.2, 0.25) is 11.9 Å². The molecule has 0 atom stereocenters. The maximum Gasteiger partial charge on any atom is 0.213 e. The van der Waals surface area contributed by atoms with E-state index in [1.54, 1.807) is 20.0 Å². The molecule has 7 N–H and O–H groups in total. The van der Waals surface area contributed by atoms with Crippen LogP contribution in [0.5, 0.6) is 0 Å². The summed E-state index contributed by atoms with van der Waals surface area (Å²) in [5.74, 6) is -0.278. The van der Waals surface area contributed by atoms with Crippen LogP contribution in [0.3, 0.4) is 0 Å². The van der Waals surface area contributed by atoms with Gasteiger partial charge in [-0.05, 0) is 13.8 Å². The molecule has 0 radical (unpaired) electrons. The van der Waals surface area contributed by atoms with Crippen LogP contribution < -0.4 is 17.2 Å². The van der Waals surface area contributed by atoms with Gasteiger partial charge in [-0.25, -0.2) is 4.68 Å². The van der Waals surface area contributed by atoms with Gasteiger partial charge < -0.3 is 17.2 Å². The minimum absolute atomic E-state index is 0.115. The second kappa shape index (κ2) is 4.43. The Morgan fingerprint density at radius 1 is 1.38 bits per heavy atom. The van der Waals surface area contributed by atoms with E-state index in [4.69, 9.17) is 22.6 Å². The van der Waals surface area contributed by atoms with E-state index in [1.807, 2.05) is 0 Å². The number of hydrogen-bond donors (Lipinski definition) is 4. The Morgan fingerprint density at radius 2 is 2.00 bits per heavy atom. The fourth-order valence-corrected chi connectivity index (χ4v) is 1.13. The molecule has 0 saturated carbocycles. The molecular weight excluding hydrogens is 208 g/mol. The van der Waals surface area contributed by atoms with Gasteiger partial charge in [0, 0.05) is 11.8 Å². The van der Waals surface area contributed by atoms with Crippen molar-refractivity contribution in [3.8, 4) is 0 Å². The molecule has 1 aromatic heterocycles. The average molecular weight is 222 g/mol. The number of hydrogen-bond acceptors (Lipinski definition) is 4. The van der Waals surface area contributed by atoms with E-state index in [0.29, 0.717) is 11.4 Å². The van der Waals surface area contributed by atoms with E-state index >= 15 is 0 Å². The number of nitrogens with zero attached hydrogens (tertiary/aromatic N) is 4. The van der Waals surface area contributed by atoms with Gasteiger partial charge in [-0.1, -0.05) is 0 Å². The van der Waals surface area contributed by atoms with Crippen LogP contribution in [0.4, 0.5) is 0 Å². The molecule has 0 fully saturated rings. The Balaban J connectivity index is 3.09. The molecule has 0 aliphatic heterocycles. The number of guanidine groups is 1. The number of rotatable bonds is 2. The highest BCUT2D eigenvalue weighted by molar-refractivity contribution is 6.00. The fourth-order valence-electron chi connectivity index (χ4n) is 1.13. The molecule has 0 spiro atoms.